The van der Waals surface area contributed by atoms with Gasteiger partial charge in [-0.25, -0.2) is 0 Å². The molecule has 0 atom stereocenters. The van der Waals surface area contributed by atoms with Crippen molar-refractivity contribution < 1.29 is 19.1 Å². The Labute approximate surface area is 179 Å². The van der Waals surface area contributed by atoms with Crippen molar-refractivity contribution in [2.75, 3.05) is 26.8 Å². The highest BCUT2D eigenvalue weighted by Crippen LogP contribution is 2.26. The van der Waals surface area contributed by atoms with Crippen LogP contribution in [0.1, 0.15) is 23.2 Å². The highest BCUT2D eigenvalue weighted by Gasteiger charge is 2.26. The minimum atomic E-state index is -0.207. The van der Waals surface area contributed by atoms with E-state index in [1.807, 2.05) is 12.1 Å². The van der Waals surface area contributed by atoms with Crippen LogP contribution in [-0.2, 0) is 4.79 Å². The number of ether oxygens (including phenoxy) is 2. The van der Waals surface area contributed by atoms with Crippen molar-refractivity contribution in [1.29, 1.82) is 0 Å². The maximum atomic E-state index is 12.7. The quantitative estimate of drug-likeness (QED) is 0.747. The number of amides is 2. The van der Waals surface area contributed by atoms with Crippen LogP contribution < -0.4 is 14.8 Å². The summed E-state index contributed by atoms with van der Waals surface area (Å²) in [6.07, 6.45) is 1.33. The number of benzene rings is 2. The van der Waals surface area contributed by atoms with Gasteiger partial charge in [0.1, 0.15) is 0 Å². The van der Waals surface area contributed by atoms with Crippen LogP contribution in [0, 0.1) is 0 Å². The number of hydrogen-bond acceptors (Lipinski definition) is 4. The first-order valence-corrected chi connectivity index (χ1v) is 10.0. The zero-order valence-corrected chi connectivity index (χ0v) is 17.5. The SMILES string of the molecule is COc1ccccc1OCC(=O)NC1CCN(C(=O)c2ccc(Cl)cc2Cl)CC1. The lowest BCUT2D eigenvalue weighted by molar-refractivity contribution is -0.124. The van der Waals surface area contributed by atoms with Gasteiger partial charge in [0.15, 0.2) is 18.1 Å². The topological polar surface area (TPSA) is 67.9 Å². The van der Waals surface area contributed by atoms with E-state index in [0.717, 1.165) is 0 Å². The smallest absolute Gasteiger partial charge is 0.258 e. The molecule has 1 saturated heterocycles. The van der Waals surface area contributed by atoms with Gasteiger partial charge in [-0.15, -0.1) is 0 Å². The van der Waals surface area contributed by atoms with Crippen molar-refractivity contribution >= 4 is 35.0 Å². The number of carbonyl (C=O) groups is 2. The van der Waals surface area contributed by atoms with Crippen LogP contribution in [0.3, 0.4) is 0 Å². The Balaban J connectivity index is 1.47. The van der Waals surface area contributed by atoms with Crippen LogP contribution >= 0.6 is 23.2 Å². The van der Waals surface area contributed by atoms with E-state index in [9.17, 15) is 9.59 Å². The number of carbonyl (C=O) groups excluding carboxylic acids is 2. The largest absolute Gasteiger partial charge is 0.493 e. The molecule has 0 aliphatic carbocycles. The zero-order chi connectivity index (χ0) is 20.8. The molecule has 0 saturated carbocycles. The molecule has 8 heteroatoms. The number of piperidine rings is 1. The number of hydrogen-bond donors (Lipinski definition) is 1. The Morgan fingerprint density at radius 3 is 2.45 bits per heavy atom. The van der Waals surface area contributed by atoms with E-state index < -0.39 is 0 Å². The molecular weight excluding hydrogens is 415 g/mol. The van der Waals surface area contributed by atoms with Crippen LogP contribution in [0.5, 0.6) is 11.5 Å². The molecule has 2 aromatic carbocycles. The summed E-state index contributed by atoms with van der Waals surface area (Å²) in [4.78, 5) is 26.6. The van der Waals surface area contributed by atoms with Gasteiger partial charge in [0, 0.05) is 24.2 Å². The Bertz CT molecular complexity index is 883. The Morgan fingerprint density at radius 2 is 1.79 bits per heavy atom. The monoisotopic (exact) mass is 436 g/mol. The van der Waals surface area contributed by atoms with Crippen molar-refractivity contribution in [3.05, 3.63) is 58.1 Å². The second kappa shape index (κ2) is 9.85. The van der Waals surface area contributed by atoms with Crippen molar-refractivity contribution in [2.45, 2.75) is 18.9 Å². The molecule has 1 N–H and O–H groups in total. The maximum Gasteiger partial charge on any atom is 0.258 e. The molecule has 0 bridgehead atoms. The van der Waals surface area contributed by atoms with Crippen molar-refractivity contribution in [3.8, 4) is 11.5 Å². The van der Waals surface area contributed by atoms with E-state index in [1.165, 1.54) is 0 Å². The summed E-state index contributed by atoms with van der Waals surface area (Å²) in [5.41, 5.74) is 0.434. The summed E-state index contributed by atoms with van der Waals surface area (Å²) in [7, 11) is 1.55. The Hall–Kier alpha value is -2.44. The van der Waals surface area contributed by atoms with Crippen molar-refractivity contribution in [1.82, 2.24) is 10.2 Å². The minimum absolute atomic E-state index is 0.00601. The molecule has 0 radical (unpaired) electrons. The average Bonchev–Trinajstić information content (AvgIpc) is 2.72. The maximum absolute atomic E-state index is 12.7. The van der Waals surface area contributed by atoms with Gasteiger partial charge in [-0.05, 0) is 43.2 Å². The molecule has 0 aromatic heterocycles. The molecule has 29 heavy (non-hydrogen) atoms. The summed E-state index contributed by atoms with van der Waals surface area (Å²) in [6, 6.07) is 12.0. The number of nitrogens with zero attached hydrogens (tertiary/aromatic N) is 1. The standard InChI is InChI=1S/C21H22Cl2N2O4/c1-28-18-4-2-3-5-19(18)29-13-20(26)24-15-8-10-25(11-9-15)21(27)16-7-6-14(22)12-17(16)23/h2-7,12,15H,8-11,13H2,1H3,(H,24,26). The first-order valence-electron chi connectivity index (χ1n) is 9.27. The Morgan fingerprint density at radius 1 is 1.10 bits per heavy atom. The Kier molecular flexibility index (Phi) is 7.23. The fourth-order valence-electron chi connectivity index (χ4n) is 3.21. The molecule has 1 aliphatic rings. The zero-order valence-electron chi connectivity index (χ0n) is 16.0. The van der Waals surface area contributed by atoms with E-state index in [1.54, 1.807) is 42.3 Å². The summed E-state index contributed by atoms with van der Waals surface area (Å²) < 4.78 is 10.7. The summed E-state index contributed by atoms with van der Waals surface area (Å²) in [5.74, 6) is 0.760. The third kappa shape index (κ3) is 5.55. The molecular formula is C21H22Cl2N2O4. The molecule has 1 fully saturated rings. The number of halogens is 2. The second-order valence-electron chi connectivity index (χ2n) is 6.70. The number of para-hydroxylation sites is 2. The van der Waals surface area contributed by atoms with Crippen molar-refractivity contribution in [3.63, 3.8) is 0 Å². The summed E-state index contributed by atoms with van der Waals surface area (Å²) in [6.45, 7) is 0.978. The highest BCUT2D eigenvalue weighted by atomic mass is 35.5. The van der Waals surface area contributed by atoms with Gasteiger partial charge in [-0.3, -0.25) is 9.59 Å². The van der Waals surface area contributed by atoms with Gasteiger partial charge in [-0.2, -0.15) is 0 Å². The first-order chi connectivity index (χ1) is 14.0. The minimum Gasteiger partial charge on any atom is -0.493 e. The van der Waals surface area contributed by atoms with Crippen LogP contribution in [0.2, 0.25) is 10.0 Å². The number of likely N-dealkylation sites (tertiary alicyclic amines) is 1. The third-order valence-electron chi connectivity index (χ3n) is 4.74. The lowest BCUT2D eigenvalue weighted by Gasteiger charge is -2.32. The van der Waals surface area contributed by atoms with E-state index >= 15 is 0 Å². The van der Waals surface area contributed by atoms with Crippen LogP contribution in [-0.4, -0.2) is 49.6 Å². The van der Waals surface area contributed by atoms with Crippen LogP contribution in [0.15, 0.2) is 42.5 Å². The van der Waals surface area contributed by atoms with Gasteiger partial charge in [0.05, 0.1) is 17.7 Å². The molecule has 1 aliphatic heterocycles. The van der Waals surface area contributed by atoms with Gasteiger partial charge in [0.25, 0.3) is 11.8 Å². The third-order valence-corrected chi connectivity index (χ3v) is 5.28. The van der Waals surface area contributed by atoms with Gasteiger partial charge in [0.2, 0.25) is 0 Å². The lowest BCUT2D eigenvalue weighted by Crippen LogP contribution is -2.47. The normalized spacial score (nSPS) is 14.4. The van der Waals surface area contributed by atoms with Gasteiger partial charge >= 0.3 is 0 Å². The molecule has 0 spiro atoms. The van der Waals surface area contributed by atoms with Gasteiger partial charge in [-0.1, -0.05) is 35.3 Å². The van der Waals surface area contributed by atoms with E-state index in [-0.39, 0.29) is 24.5 Å². The number of rotatable bonds is 6. The predicted octanol–water partition coefficient (Wildman–Crippen LogP) is 3.80. The van der Waals surface area contributed by atoms with E-state index in [2.05, 4.69) is 5.32 Å². The van der Waals surface area contributed by atoms with E-state index in [0.29, 0.717) is 53.0 Å². The molecule has 154 valence electrons. The van der Waals surface area contributed by atoms with Crippen LogP contribution in [0.25, 0.3) is 0 Å². The molecule has 0 unspecified atom stereocenters. The number of nitrogens with one attached hydrogen (secondary N) is 1. The second-order valence-corrected chi connectivity index (χ2v) is 7.54. The van der Waals surface area contributed by atoms with Gasteiger partial charge < -0.3 is 19.7 Å². The van der Waals surface area contributed by atoms with E-state index in [4.69, 9.17) is 32.7 Å². The molecule has 2 amide bonds. The lowest BCUT2D eigenvalue weighted by atomic mass is 10.0. The first kappa shape index (κ1) is 21.3. The highest BCUT2D eigenvalue weighted by molar-refractivity contribution is 6.36. The predicted molar refractivity (Wildman–Crippen MR) is 112 cm³/mol. The fraction of sp³-hybridized carbons (Fsp3) is 0.333. The fourth-order valence-corrected chi connectivity index (χ4v) is 3.70. The molecule has 6 nitrogen and oxygen atoms in total. The molecule has 2 aromatic rings. The van der Waals surface area contributed by atoms with Crippen molar-refractivity contribution in [2.24, 2.45) is 0 Å². The average molecular weight is 437 g/mol. The molecule has 1 heterocycles. The molecule has 3 rings (SSSR count). The summed E-state index contributed by atoms with van der Waals surface area (Å²) in [5, 5.41) is 3.79. The van der Waals surface area contributed by atoms with Crippen LogP contribution in [0.4, 0.5) is 0 Å². The summed E-state index contributed by atoms with van der Waals surface area (Å²) >= 11 is 12.0. The number of methoxy groups -OCH3 is 1.